The predicted molar refractivity (Wildman–Crippen MR) is 73.0 cm³/mol. The molecule has 0 radical (unpaired) electrons. The smallest absolute Gasteiger partial charge is 0.338 e. The molecule has 0 fully saturated rings. The zero-order valence-electron chi connectivity index (χ0n) is 10.6. The lowest BCUT2D eigenvalue weighted by Crippen LogP contribution is -2.14. The first-order valence-electron chi connectivity index (χ1n) is 5.50. The van der Waals surface area contributed by atoms with E-state index in [-0.39, 0.29) is 10.3 Å². The lowest BCUT2D eigenvalue weighted by atomic mass is 10.2. The molecule has 1 aromatic heterocycles. The van der Waals surface area contributed by atoms with Gasteiger partial charge >= 0.3 is 5.97 Å². The fraction of sp³-hybridized carbons (Fsp3) is 0.182. The monoisotopic (exact) mass is 377 g/mol. The molecule has 112 valence electrons. The molecule has 0 aliphatic carbocycles. The van der Waals surface area contributed by atoms with E-state index in [0.717, 1.165) is 12.1 Å². The molecule has 0 saturated heterocycles. The Morgan fingerprint density at radius 2 is 2.14 bits per heavy atom. The zero-order chi connectivity index (χ0) is 15.8. The third-order valence-electron chi connectivity index (χ3n) is 2.69. The molecule has 0 unspecified atom stereocenters. The van der Waals surface area contributed by atoms with Crippen molar-refractivity contribution in [1.82, 2.24) is 14.8 Å². The summed E-state index contributed by atoms with van der Waals surface area (Å²) in [5.74, 6) is -3.32. The van der Waals surface area contributed by atoms with Crippen LogP contribution in [0.2, 0.25) is 0 Å². The van der Waals surface area contributed by atoms with Gasteiger partial charge in [-0.15, -0.1) is 0 Å². The van der Waals surface area contributed by atoms with E-state index >= 15 is 0 Å². The van der Waals surface area contributed by atoms with Gasteiger partial charge in [0.05, 0.1) is 5.56 Å². The summed E-state index contributed by atoms with van der Waals surface area (Å²) in [6, 6.07) is 2.02. The van der Waals surface area contributed by atoms with Crippen LogP contribution in [-0.4, -0.2) is 34.3 Å². The number of rotatable bonds is 4. The van der Waals surface area contributed by atoms with E-state index in [1.54, 1.807) is 0 Å². The van der Waals surface area contributed by atoms with Crippen LogP contribution in [0, 0.1) is 5.82 Å². The number of carboxylic acids is 1. The molecule has 2 aromatic rings. The molecule has 0 amide bonds. The Morgan fingerprint density at radius 1 is 1.48 bits per heavy atom. The van der Waals surface area contributed by atoms with Gasteiger partial charge in [0.2, 0.25) is 0 Å². The number of benzene rings is 1. The summed E-state index contributed by atoms with van der Waals surface area (Å²) in [6.07, 6.45) is 1.17. The van der Waals surface area contributed by atoms with Crippen LogP contribution in [0.15, 0.2) is 27.8 Å². The maximum absolute atomic E-state index is 14.1. The molecule has 1 N–H and O–H groups in total. The number of aromatic carboxylic acids is 1. The van der Waals surface area contributed by atoms with E-state index in [1.165, 1.54) is 18.1 Å². The van der Waals surface area contributed by atoms with E-state index in [1.807, 2.05) is 0 Å². The fourth-order valence-corrected chi connectivity index (χ4v) is 3.70. The topological polar surface area (TPSA) is 102 Å². The summed E-state index contributed by atoms with van der Waals surface area (Å²) < 4.78 is 40.0. The summed E-state index contributed by atoms with van der Waals surface area (Å²) >= 11 is 2.97. The summed E-state index contributed by atoms with van der Waals surface area (Å²) in [5.41, 5.74) is -0.721. The van der Waals surface area contributed by atoms with Crippen molar-refractivity contribution >= 4 is 31.7 Å². The van der Waals surface area contributed by atoms with Crippen molar-refractivity contribution in [2.24, 2.45) is 7.05 Å². The predicted octanol–water partition coefficient (Wildman–Crippen LogP) is 1.39. The second kappa shape index (κ2) is 5.53. The first-order valence-corrected chi connectivity index (χ1v) is 7.95. The number of sulfone groups is 1. The average molecular weight is 378 g/mol. The summed E-state index contributed by atoms with van der Waals surface area (Å²) in [7, 11) is -2.61. The van der Waals surface area contributed by atoms with Crippen molar-refractivity contribution in [2.75, 3.05) is 0 Å². The highest BCUT2D eigenvalue weighted by atomic mass is 79.9. The fourth-order valence-electron chi connectivity index (χ4n) is 1.64. The number of carbonyl (C=O) groups is 1. The molecule has 10 heteroatoms. The summed E-state index contributed by atoms with van der Waals surface area (Å²) in [4.78, 5) is 14.0. The molecule has 1 aromatic carbocycles. The van der Waals surface area contributed by atoms with E-state index in [4.69, 9.17) is 5.11 Å². The number of aryl methyl sites for hydroxylation is 1. The number of aromatic nitrogens is 3. The van der Waals surface area contributed by atoms with Crippen molar-refractivity contribution in [1.29, 1.82) is 0 Å². The second-order valence-electron chi connectivity index (χ2n) is 4.13. The normalized spacial score (nSPS) is 11.6. The van der Waals surface area contributed by atoms with Crippen LogP contribution in [0.3, 0.4) is 0 Å². The molecular formula is C11H9BrFN3O4S. The maximum Gasteiger partial charge on any atom is 0.338 e. The number of halogens is 2. The Kier molecular flexibility index (Phi) is 4.10. The zero-order valence-corrected chi connectivity index (χ0v) is 13.0. The number of nitrogens with zero attached hydrogens (tertiary/aromatic N) is 3. The molecule has 0 aliphatic heterocycles. The van der Waals surface area contributed by atoms with E-state index in [9.17, 15) is 17.6 Å². The third-order valence-corrected chi connectivity index (χ3v) is 4.76. The maximum atomic E-state index is 14.1. The molecule has 0 bridgehead atoms. The third kappa shape index (κ3) is 3.10. The number of hydrogen-bond donors (Lipinski definition) is 1. The number of hydrogen-bond acceptors (Lipinski definition) is 5. The van der Waals surface area contributed by atoms with Crippen molar-refractivity contribution in [3.05, 3.63) is 40.1 Å². The summed E-state index contributed by atoms with van der Waals surface area (Å²) in [5, 5.41) is 12.6. The van der Waals surface area contributed by atoms with Gasteiger partial charge < -0.3 is 5.11 Å². The molecule has 0 atom stereocenters. The number of carboxylic acid groups (broad SMARTS) is 1. The van der Waals surface area contributed by atoms with Crippen molar-refractivity contribution in [3.63, 3.8) is 0 Å². The SMILES string of the molecule is Cn1ncnc1CS(=O)(=O)c1cc(Br)cc(C(=O)O)c1F. The highest BCUT2D eigenvalue weighted by molar-refractivity contribution is 9.10. The van der Waals surface area contributed by atoms with Gasteiger partial charge in [-0.25, -0.2) is 22.6 Å². The summed E-state index contributed by atoms with van der Waals surface area (Å²) in [6.45, 7) is 0. The Labute approximate surface area is 127 Å². The van der Waals surface area contributed by atoms with Crippen molar-refractivity contribution in [2.45, 2.75) is 10.6 Å². The minimum absolute atomic E-state index is 0.117. The molecule has 0 spiro atoms. The minimum Gasteiger partial charge on any atom is -0.478 e. The van der Waals surface area contributed by atoms with Crippen molar-refractivity contribution < 1.29 is 22.7 Å². The van der Waals surface area contributed by atoms with Gasteiger partial charge in [0, 0.05) is 11.5 Å². The van der Waals surface area contributed by atoms with Crippen LogP contribution in [0.5, 0.6) is 0 Å². The Balaban J connectivity index is 2.55. The van der Waals surface area contributed by atoms with Crippen LogP contribution in [0.4, 0.5) is 4.39 Å². The molecule has 1 heterocycles. The Hall–Kier alpha value is -1.81. The van der Waals surface area contributed by atoms with Gasteiger partial charge in [0.25, 0.3) is 0 Å². The first kappa shape index (κ1) is 15.6. The molecule has 21 heavy (non-hydrogen) atoms. The van der Waals surface area contributed by atoms with E-state index in [0.29, 0.717) is 0 Å². The average Bonchev–Trinajstić information content (AvgIpc) is 2.76. The van der Waals surface area contributed by atoms with Gasteiger partial charge in [-0.1, -0.05) is 15.9 Å². The highest BCUT2D eigenvalue weighted by Crippen LogP contribution is 2.26. The van der Waals surface area contributed by atoms with Gasteiger partial charge in [-0.2, -0.15) is 5.10 Å². The standard InChI is InChI=1S/C11H9BrFN3O4S/c1-16-9(14-5-15-16)4-21(19,20)8-3-6(12)2-7(10(8)13)11(17)18/h2-3,5H,4H2,1H3,(H,17,18). The van der Waals surface area contributed by atoms with Crippen LogP contribution in [0.25, 0.3) is 0 Å². The lowest BCUT2D eigenvalue weighted by molar-refractivity contribution is 0.0691. The van der Waals surface area contributed by atoms with Gasteiger partial charge in [0.1, 0.15) is 22.8 Å². The lowest BCUT2D eigenvalue weighted by Gasteiger charge is -2.08. The Morgan fingerprint density at radius 3 is 2.67 bits per heavy atom. The van der Waals surface area contributed by atoms with Crippen LogP contribution in [0.1, 0.15) is 16.2 Å². The van der Waals surface area contributed by atoms with Crippen molar-refractivity contribution in [3.8, 4) is 0 Å². The second-order valence-corrected chi connectivity index (χ2v) is 7.00. The van der Waals surface area contributed by atoms with E-state index in [2.05, 4.69) is 26.0 Å². The molecule has 0 saturated carbocycles. The largest absolute Gasteiger partial charge is 0.478 e. The molecular weight excluding hydrogens is 369 g/mol. The minimum atomic E-state index is -4.11. The van der Waals surface area contributed by atoms with Crippen LogP contribution >= 0.6 is 15.9 Å². The van der Waals surface area contributed by atoms with Crippen LogP contribution < -0.4 is 0 Å². The quantitative estimate of drug-likeness (QED) is 0.863. The molecule has 2 rings (SSSR count). The van der Waals surface area contributed by atoms with Gasteiger partial charge in [-0.05, 0) is 12.1 Å². The van der Waals surface area contributed by atoms with Gasteiger partial charge in [-0.3, -0.25) is 4.68 Å². The van der Waals surface area contributed by atoms with Crippen LogP contribution in [-0.2, 0) is 22.6 Å². The molecule has 0 aliphatic rings. The molecule has 7 nitrogen and oxygen atoms in total. The first-order chi connectivity index (χ1) is 9.72. The van der Waals surface area contributed by atoms with Gasteiger partial charge in [0.15, 0.2) is 15.7 Å². The Bertz CT molecular complexity index is 819. The van der Waals surface area contributed by atoms with E-state index < -0.39 is 37.8 Å². The highest BCUT2D eigenvalue weighted by Gasteiger charge is 2.26.